The normalized spacial score (nSPS) is 11.0. The van der Waals surface area contributed by atoms with Crippen molar-refractivity contribution in [2.24, 2.45) is 0 Å². The number of pyridine rings is 1. The van der Waals surface area contributed by atoms with Crippen LogP contribution in [-0.2, 0) is 5.75 Å². The summed E-state index contributed by atoms with van der Waals surface area (Å²) in [6.07, 6.45) is 0. The predicted molar refractivity (Wildman–Crippen MR) is 116 cm³/mol. The molecular weight excluding hydrogens is 388 g/mol. The monoisotopic (exact) mass is 407 g/mol. The topological polar surface area (TPSA) is 77.9 Å². The lowest BCUT2D eigenvalue weighted by molar-refractivity contribution is 0.296. The lowest BCUT2D eigenvalue weighted by Crippen LogP contribution is -2.06. The van der Waals surface area contributed by atoms with E-state index in [1.54, 1.807) is 38.1 Å². The maximum atomic E-state index is 11.0. The van der Waals surface area contributed by atoms with E-state index in [1.165, 1.54) is 0 Å². The Balaban J connectivity index is 1.79. The van der Waals surface area contributed by atoms with Crippen LogP contribution in [-0.4, -0.2) is 24.4 Å². The second-order valence-corrected chi connectivity index (χ2v) is 7.42. The van der Waals surface area contributed by atoms with E-state index >= 15 is 0 Å². The molecule has 3 aromatic carbocycles. The molecule has 0 unspecified atom stereocenters. The molecule has 29 heavy (non-hydrogen) atoms. The number of rotatable bonds is 6. The summed E-state index contributed by atoms with van der Waals surface area (Å²) >= 11 is 1.68. The van der Waals surface area contributed by atoms with E-state index in [1.807, 2.05) is 48.5 Å². The van der Waals surface area contributed by atoms with Gasteiger partial charge in [0, 0.05) is 21.4 Å². The number of thioether (sulfide) groups is 1. The Morgan fingerprint density at radius 1 is 0.897 bits per heavy atom. The highest BCUT2D eigenvalue weighted by atomic mass is 32.2. The van der Waals surface area contributed by atoms with Crippen LogP contribution >= 0.6 is 11.8 Å². The van der Waals surface area contributed by atoms with Gasteiger partial charge >= 0.3 is 0 Å². The molecule has 1 aromatic heterocycles. The van der Waals surface area contributed by atoms with Crippen LogP contribution in [0.2, 0.25) is 0 Å². The largest absolute Gasteiger partial charge is 0.733 e. The third kappa shape index (κ3) is 3.93. The van der Waals surface area contributed by atoms with Gasteiger partial charge in [0.2, 0.25) is 0 Å². The SMILES string of the molecule is COc1ccc2nc3ccc(OC)cc3c(SCc3ccc(N([O-])O)cc3)c2c1. The van der Waals surface area contributed by atoms with Crippen LogP contribution in [0.4, 0.5) is 5.69 Å². The van der Waals surface area contributed by atoms with Crippen LogP contribution in [0.3, 0.4) is 0 Å². The quantitative estimate of drug-likeness (QED) is 0.261. The molecule has 1 heterocycles. The van der Waals surface area contributed by atoms with Crippen molar-refractivity contribution in [3.05, 3.63) is 71.4 Å². The number of ether oxygens (including phenoxy) is 2. The van der Waals surface area contributed by atoms with Gasteiger partial charge < -0.3 is 19.9 Å². The Hall–Kier alpha value is -3.00. The molecule has 0 aliphatic carbocycles. The number of methoxy groups -OCH3 is 2. The molecule has 4 rings (SSSR count). The van der Waals surface area contributed by atoms with Gasteiger partial charge in [-0.05, 0) is 54.1 Å². The molecule has 0 bridgehead atoms. The number of hydrogen-bond acceptors (Lipinski definition) is 7. The third-order valence-corrected chi connectivity index (χ3v) is 5.88. The second kappa shape index (κ2) is 8.16. The lowest BCUT2D eigenvalue weighted by Gasteiger charge is -2.21. The van der Waals surface area contributed by atoms with Crippen molar-refractivity contribution in [1.82, 2.24) is 4.98 Å². The highest BCUT2D eigenvalue weighted by Gasteiger charge is 2.12. The highest BCUT2D eigenvalue weighted by Crippen LogP contribution is 2.38. The van der Waals surface area contributed by atoms with Gasteiger partial charge in [0.15, 0.2) is 0 Å². The van der Waals surface area contributed by atoms with Gasteiger partial charge in [-0.15, -0.1) is 11.8 Å². The first-order valence-electron chi connectivity index (χ1n) is 8.92. The minimum Gasteiger partial charge on any atom is -0.733 e. The number of anilines is 1. The fourth-order valence-electron chi connectivity index (χ4n) is 3.15. The van der Waals surface area contributed by atoms with Crippen molar-refractivity contribution >= 4 is 39.3 Å². The summed E-state index contributed by atoms with van der Waals surface area (Å²) in [4.78, 5) is 5.87. The Kier molecular flexibility index (Phi) is 5.44. The molecule has 0 radical (unpaired) electrons. The molecule has 0 spiro atoms. The van der Waals surface area contributed by atoms with E-state index < -0.39 is 0 Å². The first-order chi connectivity index (χ1) is 14.1. The Bertz CT molecular complexity index is 1100. The predicted octanol–water partition coefficient (Wildman–Crippen LogP) is 5.39. The average Bonchev–Trinajstić information content (AvgIpc) is 2.76. The van der Waals surface area contributed by atoms with E-state index in [0.29, 0.717) is 5.75 Å². The van der Waals surface area contributed by atoms with Crippen molar-refractivity contribution in [3.8, 4) is 11.5 Å². The summed E-state index contributed by atoms with van der Waals surface area (Å²) < 4.78 is 10.8. The fraction of sp³-hybridized carbons (Fsp3) is 0.136. The maximum absolute atomic E-state index is 11.0. The Morgan fingerprint density at radius 3 is 1.93 bits per heavy atom. The van der Waals surface area contributed by atoms with Crippen LogP contribution in [0.5, 0.6) is 11.5 Å². The summed E-state index contributed by atoms with van der Waals surface area (Å²) in [7, 11) is 3.29. The molecule has 6 nitrogen and oxygen atoms in total. The first kappa shape index (κ1) is 19.3. The van der Waals surface area contributed by atoms with Gasteiger partial charge in [0.1, 0.15) is 11.5 Å². The number of fused-ring (bicyclic) bond motifs is 2. The van der Waals surface area contributed by atoms with Gasteiger partial charge in [0.05, 0.1) is 30.9 Å². The van der Waals surface area contributed by atoms with Gasteiger partial charge in [-0.3, -0.25) is 5.21 Å². The van der Waals surface area contributed by atoms with Gasteiger partial charge in [-0.2, -0.15) is 0 Å². The lowest BCUT2D eigenvalue weighted by atomic mass is 10.1. The molecule has 0 saturated carbocycles. The summed E-state index contributed by atoms with van der Waals surface area (Å²) in [6.45, 7) is 0. The molecule has 0 fully saturated rings. The molecule has 0 atom stereocenters. The molecule has 0 saturated heterocycles. The number of nitrogens with zero attached hydrogens (tertiary/aromatic N) is 2. The van der Waals surface area contributed by atoms with Crippen LogP contribution < -0.4 is 14.7 Å². The van der Waals surface area contributed by atoms with Gasteiger partial charge in [-0.1, -0.05) is 12.1 Å². The zero-order chi connectivity index (χ0) is 20.4. The Morgan fingerprint density at radius 2 is 1.45 bits per heavy atom. The number of aromatic nitrogens is 1. The highest BCUT2D eigenvalue weighted by molar-refractivity contribution is 7.99. The smallest absolute Gasteiger partial charge is 0.119 e. The standard InChI is InChI=1S/C22H19N2O4S/c1-27-16-7-9-20-18(11-16)22(19-12-17(28-2)8-10-21(19)23-20)29-13-14-3-5-15(6-4-14)24(25)26/h3-12,25H,13H2,1-2H3/q-1. The minimum atomic E-state index is -0.140. The Labute approximate surface area is 172 Å². The van der Waals surface area contributed by atoms with Crippen molar-refractivity contribution in [2.45, 2.75) is 10.6 Å². The van der Waals surface area contributed by atoms with Crippen molar-refractivity contribution in [3.63, 3.8) is 0 Å². The number of hydrogen-bond donors (Lipinski definition) is 1. The first-order valence-corrected chi connectivity index (χ1v) is 9.91. The van der Waals surface area contributed by atoms with Gasteiger partial charge in [-0.25, -0.2) is 4.98 Å². The maximum Gasteiger partial charge on any atom is 0.119 e. The molecule has 1 N–H and O–H groups in total. The van der Waals surface area contributed by atoms with E-state index in [4.69, 9.17) is 19.7 Å². The summed E-state index contributed by atoms with van der Waals surface area (Å²) in [5.41, 5.74) is 3.02. The van der Waals surface area contributed by atoms with Crippen LogP contribution in [0.1, 0.15) is 5.56 Å². The van der Waals surface area contributed by atoms with Crippen molar-refractivity contribution in [2.75, 3.05) is 19.4 Å². The van der Waals surface area contributed by atoms with E-state index in [9.17, 15) is 5.21 Å². The molecule has 148 valence electrons. The minimum absolute atomic E-state index is 0.140. The molecule has 7 heteroatoms. The average molecular weight is 407 g/mol. The molecule has 0 amide bonds. The fourth-order valence-corrected chi connectivity index (χ4v) is 4.29. The summed E-state index contributed by atoms with van der Waals surface area (Å²) in [5.74, 6) is 2.23. The summed E-state index contributed by atoms with van der Waals surface area (Å²) in [6, 6.07) is 18.6. The third-order valence-electron chi connectivity index (χ3n) is 4.68. The second-order valence-electron chi connectivity index (χ2n) is 6.44. The van der Waals surface area contributed by atoms with Crippen LogP contribution in [0.25, 0.3) is 21.8 Å². The van der Waals surface area contributed by atoms with E-state index in [2.05, 4.69) is 0 Å². The zero-order valence-electron chi connectivity index (χ0n) is 16.0. The van der Waals surface area contributed by atoms with Gasteiger partial charge in [0.25, 0.3) is 0 Å². The summed E-state index contributed by atoms with van der Waals surface area (Å²) in [5, 5.41) is 21.9. The number of benzene rings is 3. The van der Waals surface area contributed by atoms with Crippen LogP contribution in [0.15, 0.2) is 65.6 Å². The molecular formula is C22H19N2O4S-. The van der Waals surface area contributed by atoms with Crippen LogP contribution in [0, 0.1) is 5.21 Å². The zero-order valence-corrected chi connectivity index (χ0v) is 16.8. The van der Waals surface area contributed by atoms with E-state index in [-0.39, 0.29) is 10.9 Å². The molecule has 0 aliphatic heterocycles. The molecule has 0 aliphatic rings. The van der Waals surface area contributed by atoms with Crippen molar-refractivity contribution in [1.29, 1.82) is 0 Å². The molecule has 4 aromatic rings. The van der Waals surface area contributed by atoms with E-state index in [0.717, 1.165) is 43.8 Å². The van der Waals surface area contributed by atoms with Crippen molar-refractivity contribution < 1.29 is 14.7 Å².